The number of ether oxygens (including phenoxy) is 2. The zero-order chi connectivity index (χ0) is 22.6. The molecule has 1 aliphatic heterocycles. The van der Waals surface area contributed by atoms with Crippen LogP contribution in [-0.2, 0) is 17.9 Å². The highest BCUT2D eigenvalue weighted by molar-refractivity contribution is 5.79. The molecule has 2 heterocycles. The molecule has 0 spiro atoms. The van der Waals surface area contributed by atoms with Crippen LogP contribution in [0.1, 0.15) is 32.0 Å². The van der Waals surface area contributed by atoms with Crippen LogP contribution in [0, 0.1) is 5.92 Å². The highest BCUT2D eigenvalue weighted by Gasteiger charge is 2.21. The van der Waals surface area contributed by atoms with Gasteiger partial charge in [0.1, 0.15) is 12.4 Å². The molecule has 0 bridgehead atoms. The number of hydrogen-bond donors (Lipinski definition) is 2. The van der Waals surface area contributed by atoms with Crippen LogP contribution < -0.4 is 15.4 Å². The number of nitrogens with one attached hydrogen (secondary N) is 2. The van der Waals surface area contributed by atoms with Gasteiger partial charge < -0.3 is 20.1 Å². The molecule has 1 atom stereocenters. The maximum absolute atomic E-state index is 5.95. The number of aliphatic imine (C=N–C) groups is 1. The van der Waals surface area contributed by atoms with Crippen molar-refractivity contribution in [2.45, 2.75) is 40.0 Å². The normalized spacial score (nSPS) is 17.4. The number of aromatic nitrogens is 1. The van der Waals surface area contributed by atoms with Crippen LogP contribution >= 0.6 is 0 Å². The third-order valence-electron chi connectivity index (χ3n) is 5.12. The average Bonchev–Trinajstić information content (AvgIpc) is 2.80. The predicted octanol–water partition coefficient (Wildman–Crippen LogP) is 3.07. The van der Waals surface area contributed by atoms with Gasteiger partial charge in [0.2, 0.25) is 0 Å². The summed E-state index contributed by atoms with van der Waals surface area (Å²) >= 11 is 0. The number of pyridine rings is 1. The quantitative estimate of drug-likeness (QED) is 0.438. The highest BCUT2D eigenvalue weighted by atomic mass is 16.5. The fraction of sp³-hybridized carbons (Fsp3) is 0.520. The number of benzene rings is 1. The van der Waals surface area contributed by atoms with E-state index in [4.69, 9.17) is 14.5 Å². The van der Waals surface area contributed by atoms with E-state index in [1.54, 1.807) is 6.20 Å². The molecule has 0 amide bonds. The fourth-order valence-corrected chi connectivity index (χ4v) is 3.68. The molecule has 0 saturated carbocycles. The first-order valence-electron chi connectivity index (χ1n) is 11.6. The lowest BCUT2D eigenvalue weighted by atomic mass is 10.2. The van der Waals surface area contributed by atoms with Crippen molar-refractivity contribution in [3.8, 4) is 5.75 Å². The SMILES string of the molecule is CCNC(=NCc1cccc(OCc2ccccn2)c1)NCC1CN(CC(C)C)CCO1. The Kier molecular flexibility index (Phi) is 9.78. The summed E-state index contributed by atoms with van der Waals surface area (Å²) in [6.07, 6.45) is 1.95. The average molecular weight is 440 g/mol. The summed E-state index contributed by atoms with van der Waals surface area (Å²) in [5.74, 6) is 2.29. The van der Waals surface area contributed by atoms with E-state index in [0.717, 1.165) is 62.3 Å². The highest BCUT2D eigenvalue weighted by Crippen LogP contribution is 2.15. The minimum atomic E-state index is 0.176. The summed E-state index contributed by atoms with van der Waals surface area (Å²) in [5, 5.41) is 6.77. The molecule has 7 nitrogen and oxygen atoms in total. The fourth-order valence-electron chi connectivity index (χ4n) is 3.68. The van der Waals surface area contributed by atoms with Crippen molar-refractivity contribution in [2.24, 2.45) is 10.9 Å². The molecular formula is C25H37N5O2. The second-order valence-electron chi connectivity index (χ2n) is 8.48. The Bertz CT molecular complexity index is 828. The molecular weight excluding hydrogens is 402 g/mol. The standard InChI is InChI=1S/C25H37N5O2/c1-4-26-25(29-16-24-18-30(12-13-31-24)17-20(2)3)28-15-21-8-7-10-23(14-21)32-19-22-9-5-6-11-27-22/h5-11,14,20,24H,4,12-13,15-19H2,1-3H3,(H2,26,28,29). The van der Waals surface area contributed by atoms with Crippen LogP contribution in [0.3, 0.4) is 0 Å². The molecule has 1 aromatic heterocycles. The van der Waals surface area contributed by atoms with E-state index in [2.05, 4.69) is 47.4 Å². The number of morpholine rings is 1. The van der Waals surface area contributed by atoms with Gasteiger partial charge >= 0.3 is 0 Å². The van der Waals surface area contributed by atoms with Gasteiger partial charge in [-0.3, -0.25) is 9.88 Å². The summed E-state index contributed by atoms with van der Waals surface area (Å²) in [5.41, 5.74) is 2.00. The van der Waals surface area contributed by atoms with Gasteiger partial charge in [0.05, 0.1) is 24.9 Å². The smallest absolute Gasteiger partial charge is 0.191 e. The minimum Gasteiger partial charge on any atom is -0.487 e. The van der Waals surface area contributed by atoms with Gasteiger partial charge in [0, 0.05) is 38.9 Å². The van der Waals surface area contributed by atoms with E-state index in [9.17, 15) is 0 Å². The molecule has 7 heteroatoms. The second kappa shape index (κ2) is 13.0. The molecule has 2 N–H and O–H groups in total. The van der Waals surface area contributed by atoms with Crippen molar-refractivity contribution in [1.29, 1.82) is 0 Å². The summed E-state index contributed by atoms with van der Waals surface area (Å²) < 4.78 is 11.8. The van der Waals surface area contributed by atoms with Crippen LogP contribution in [0.25, 0.3) is 0 Å². The molecule has 0 radical (unpaired) electrons. The monoisotopic (exact) mass is 439 g/mol. The van der Waals surface area contributed by atoms with Crippen LogP contribution in [0.2, 0.25) is 0 Å². The molecule has 1 aromatic carbocycles. The minimum absolute atomic E-state index is 0.176. The predicted molar refractivity (Wildman–Crippen MR) is 129 cm³/mol. The Morgan fingerprint density at radius 2 is 2.16 bits per heavy atom. The Balaban J connectivity index is 1.51. The maximum Gasteiger partial charge on any atom is 0.191 e. The van der Waals surface area contributed by atoms with Crippen molar-refractivity contribution < 1.29 is 9.47 Å². The van der Waals surface area contributed by atoms with Crippen LogP contribution in [0.15, 0.2) is 53.7 Å². The van der Waals surface area contributed by atoms with E-state index >= 15 is 0 Å². The third kappa shape index (κ3) is 8.48. The first-order chi connectivity index (χ1) is 15.6. The van der Waals surface area contributed by atoms with E-state index in [0.29, 0.717) is 19.1 Å². The van der Waals surface area contributed by atoms with Crippen LogP contribution in [-0.4, -0.2) is 61.3 Å². The van der Waals surface area contributed by atoms with Gasteiger partial charge in [-0.25, -0.2) is 4.99 Å². The van der Waals surface area contributed by atoms with Gasteiger partial charge in [-0.1, -0.05) is 32.0 Å². The van der Waals surface area contributed by atoms with Crippen LogP contribution in [0.4, 0.5) is 0 Å². The Labute approximate surface area is 192 Å². The van der Waals surface area contributed by atoms with Gasteiger partial charge in [0.15, 0.2) is 5.96 Å². The number of rotatable bonds is 10. The van der Waals surface area contributed by atoms with Crippen molar-refractivity contribution in [3.63, 3.8) is 0 Å². The summed E-state index contributed by atoms with van der Waals surface area (Å²) in [6.45, 7) is 13.1. The molecule has 1 unspecified atom stereocenters. The molecule has 3 rings (SSSR count). The zero-order valence-corrected chi connectivity index (χ0v) is 19.6. The van der Waals surface area contributed by atoms with E-state index in [1.807, 2.05) is 36.4 Å². The van der Waals surface area contributed by atoms with Crippen molar-refractivity contribution in [1.82, 2.24) is 20.5 Å². The Hall–Kier alpha value is -2.64. The van der Waals surface area contributed by atoms with Gasteiger partial charge in [-0.15, -0.1) is 0 Å². The first-order valence-corrected chi connectivity index (χ1v) is 11.6. The van der Waals surface area contributed by atoms with Crippen molar-refractivity contribution in [2.75, 3.05) is 39.3 Å². The van der Waals surface area contributed by atoms with Crippen molar-refractivity contribution >= 4 is 5.96 Å². The molecule has 2 aromatic rings. The Morgan fingerprint density at radius 3 is 2.94 bits per heavy atom. The van der Waals surface area contributed by atoms with E-state index < -0.39 is 0 Å². The van der Waals surface area contributed by atoms with Crippen LogP contribution in [0.5, 0.6) is 5.75 Å². The lowest BCUT2D eigenvalue weighted by Crippen LogP contribution is -2.50. The largest absolute Gasteiger partial charge is 0.487 e. The van der Waals surface area contributed by atoms with Gasteiger partial charge in [-0.05, 0) is 42.7 Å². The van der Waals surface area contributed by atoms with E-state index in [1.165, 1.54) is 0 Å². The molecule has 0 aliphatic carbocycles. The molecule has 1 saturated heterocycles. The second-order valence-corrected chi connectivity index (χ2v) is 8.48. The first kappa shape index (κ1) is 24.0. The number of nitrogens with zero attached hydrogens (tertiary/aromatic N) is 3. The van der Waals surface area contributed by atoms with Gasteiger partial charge in [-0.2, -0.15) is 0 Å². The number of guanidine groups is 1. The lowest BCUT2D eigenvalue weighted by Gasteiger charge is -2.34. The summed E-state index contributed by atoms with van der Waals surface area (Å²) in [6, 6.07) is 13.9. The zero-order valence-electron chi connectivity index (χ0n) is 19.6. The maximum atomic E-state index is 5.95. The van der Waals surface area contributed by atoms with E-state index in [-0.39, 0.29) is 6.10 Å². The summed E-state index contributed by atoms with van der Waals surface area (Å²) in [7, 11) is 0. The topological polar surface area (TPSA) is 71.0 Å². The molecule has 1 fully saturated rings. The van der Waals surface area contributed by atoms with Crippen molar-refractivity contribution in [3.05, 3.63) is 59.9 Å². The lowest BCUT2D eigenvalue weighted by molar-refractivity contribution is -0.0284. The molecule has 1 aliphatic rings. The van der Waals surface area contributed by atoms with Gasteiger partial charge in [0.25, 0.3) is 0 Å². The molecule has 174 valence electrons. The Morgan fingerprint density at radius 1 is 1.25 bits per heavy atom. The number of hydrogen-bond acceptors (Lipinski definition) is 5. The molecule has 32 heavy (non-hydrogen) atoms. The summed E-state index contributed by atoms with van der Waals surface area (Å²) in [4.78, 5) is 11.5. The third-order valence-corrected chi connectivity index (χ3v) is 5.12.